The van der Waals surface area contributed by atoms with Crippen LogP contribution >= 0.6 is 0 Å². The third-order valence-corrected chi connectivity index (χ3v) is 7.47. The predicted octanol–water partition coefficient (Wildman–Crippen LogP) is 8.45. The van der Waals surface area contributed by atoms with Crippen LogP contribution < -0.4 is 0 Å². The molecule has 0 saturated carbocycles. The first kappa shape index (κ1) is 19.6. The van der Waals surface area contributed by atoms with E-state index in [1.165, 1.54) is 84.7 Å². The highest BCUT2D eigenvalue weighted by atomic mass is 14.2. The molecular weight excluding hydrogens is 384 g/mol. The van der Waals surface area contributed by atoms with Crippen molar-refractivity contribution in [3.05, 3.63) is 107 Å². The highest BCUT2D eigenvalue weighted by molar-refractivity contribution is 5.74. The van der Waals surface area contributed by atoms with E-state index < -0.39 is 0 Å². The second kappa shape index (κ2) is 8.43. The Morgan fingerprint density at radius 1 is 0.281 bits per heavy atom. The van der Waals surface area contributed by atoms with Crippen LogP contribution in [0.4, 0.5) is 0 Å². The summed E-state index contributed by atoms with van der Waals surface area (Å²) in [6, 6.07) is 32.3. The molecule has 0 aliphatic heterocycles. The van der Waals surface area contributed by atoms with Gasteiger partial charge >= 0.3 is 0 Å². The van der Waals surface area contributed by atoms with Gasteiger partial charge in [0.05, 0.1) is 0 Å². The molecule has 158 valence electrons. The van der Waals surface area contributed by atoms with Crippen molar-refractivity contribution in [2.45, 2.75) is 51.4 Å². The van der Waals surface area contributed by atoms with Gasteiger partial charge in [0.1, 0.15) is 0 Å². The molecule has 6 rings (SSSR count). The van der Waals surface area contributed by atoms with Crippen LogP contribution in [-0.2, 0) is 25.7 Å². The Balaban J connectivity index is 1.23. The normalized spacial score (nSPS) is 15.1. The van der Waals surface area contributed by atoms with Gasteiger partial charge in [0, 0.05) is 0 Å². The van der Waals surface area contributed by atoms with Crippen LogP contribution in [0.3, 0.4) is 0 Å². The van der Waals surface area contributed by atoms with Crippen molar-refractivity contribution in [1.29, 1.82) is 0 Å². The molecule has 0 aromatic heterocycles. The Bertz CT molecular complexity index is 1140. The van der Waals surface area contributed by atoms with Crippen molar-refractivity contribution in [2.24, 2.45) is 0 Å². The number of hydrogen-bond acceptors (Lipinski definition) is 0. The van der Waals surface area contributed by atoms with Crippen molar-refractivity contribution >= 4 is 0 Å². The van der Waals surface area contributed by atoms with Gasteiger partial charge in [-0.15, -0.1) is 0 Å². The van der Waals surface area contributed by atoms with Crippen LogP contribution in [0, 0.1) is 0 Å². The summed E-state index contributed by atoms with van der Waals surface area (Å²) in [4.78, 5) is 0. The standard InChI is InChI=1S/C32H30/c1-3-7-29-21-31(19-17-23(29)5-1)27-13-9-25(10-14-27)26-11-15-28(16-12-26)32-20-18-24-6-2-4-8-30(24)22-32/h9-22H,1-8H2. The van der Waals surface area contributed by atoms with Gasteiger partial charge in [0.2, 0.25) is 0 Å². The van der Waals surface area contributed by atoms with E-state index in [2.05, 4.69) is 84.9 Å². The molecule has 4 aromatic carbocycles. The van der Waals surface area contributed by atoms with Crippen molar-refractivity contribution in [2.75, 3.05) is 0 Å². The lowest BCUT2D eigenvalue weighted by Gasteiger charge is -2.17. The van der Waals surface area contributed by atoms with E-state index >= 15 is 0 Å². The van der Waals surface area contributed by atoms with Crippen LogP contribution in [0.15, 0.2) is 84.9 Å². The molecule has 0 heterocycles. The molecular formula is C32H30. The molecule has 0 amide bonds. The molecule has 0 saturated heterocycles. The molecule has 2 aliphatic carbocycles. The quantitative estimate of drug-likeness (QED) is 0.315. The zero-order valence-corrected chi connectivity index (χ0v) is 18.7. The lowest BCUT2D eigenvalue weighted by molar-refractivity contribution is 0.686. The molecule has 0 bridgehead atoms. The molecule has 0 heteroatoms. The van der Waals surface area contributed by atoms with Crippen molar-refractivity contribution in [3.8, 4) is 33.4 Å². The Morgan fingerprint density at radius 2 is 0.562 bits per heavy atom. The van der Waals surface area contributed by atoms with E-state index in [4.69, 9.17) is 0 Å². The number of aryl methyl sites for hydroxylation is 4. The minimum absolute atomic E-state index is 1.23. The average molecular weight is 415 g/mol. The SMILES string of the molecule is c1cc(-c2ccc3c(c2)CCCC3)ccc1-c1ccc(-c2ccc3c(c2)CCCC3)cc1. The second-order valence-corrected chi connectivity index (χ2v) is 9.54. The summed E-state index contributed by atoms with van der Waals surface area (Å²) >= 11 is 0. The number of rotatable bonds is 3. The fourth-order valence-corrected chi connectivity index (χ4v) is 5.54. The van der Waals surface area contributed by atoms with Gasteiger partial charge in [-0.1, -0.05) is 84.9 Å². The largest absolute Gasteiger partial charge is 0.0582 e. The summed E-state index contributed by atoms with van der Waals surface area (Å²) in [6.07, 6.45) is 10.3. The van der Waals surface area contributed by atoms with E-state index in [9.17, 15) is 0 Å². The Morgan fingerprint density at radius 3 is 0.938 bits per heavy atom. The average Bonchev–Trinajstić information content (AvgIpc) is 2.88. The first-order valence-electron chi connectivity index (χ1n) is 12.3. The highest BCUT2D eigenvalue weighted by Crippen LogP contribution is 2.31. The van der Waals surface area contributed by atoms with Crippen LogP contribution in [0.25, 0.3) is 33.4 Å². The Hall–Kier alpha value is -3.12. The smallest absolute Gasteiger partial charge is 0.0181 e. The summed E-state index contributed by atoms with van der Waals surface area (Å²) in [5, 5.41) is 0. The van der Waals surface area contributed by atoms with E-state index in [0.29, 0.717) is 0 Å². The lowest BCUT2D eigenvalue weighted by atomic mass is 9.88. The fraction of sp³-hybridized carbons (Fsp3) is 0.250. The molecule has 0 N–H and O–H groups in total. The molecule has 2 aliphatic rings. The van der Waals surface area contributed by atoms with Crippen LogP contribution in [-0.4, -0.2) is 0 Å². The number of hydrogen-bond donors (Lipinski definition) is 0. The molecule has 0 unspecified atom stereocenters. The maximum atomic E-state index is 2.41. The molecule has 0 radical (unpaired) electrons. The summed E-state index contributed by atoms with van der Waals surface area (Å²) in [7, 11) is 0. The van der Waals surface area contributed by atoms with Gasteiger partial charge in [0.15, 0.2) is 0 Å². The molecule has 0 atom stereocenters. The van der Waals surface area contributed by atoms with Crippen molar-refractivity contribution in [3.63, 3.8) is 0 Å². The van der Waals surface area contributed by atoms with E-state index in [0.717, 1.165) is 0 Å². The predicted molar refractivity (Wildman–Crippen MR) is 136 cm³/mol. The molecule has 0 nitrogen and oxygen atoms in total. The number of benzene rings is 4. The fourth-order valence-electron chi connectivity index (χ4n) is 5.54. The third kappa shape index (κ3) is 3.79. The zero-order chi connectivity index (χ0) is 21.3. The second-order valence-electron chi connectivity index (χ2n) is 9.54. The summed E-state index contributed by atoms with van der Waals surface area (Å²) in [6.45, 7) is 0. The summed E-state index contributed by atoms with van der Waals surface area (Å²) < 4.78 is 0. The van der Waals surface area contributed by atoms with Gasteiger partial charge in [-0.25, -0.2) is 0 Å². The zero-order valence-electron chi connectivity index (χ0n) is 18.7. The highest BCUT2D eigenvalue weighted by Gasteiger charge is 2.12. The van der Waals surface area contributed by atoms with Gasteiger partial charge in [-0.05, 0) is 107 Å². The minimum Gasteiger partial charge on any atom is -0.0582 e. The molecule has 4 aromatic rings. The summed E-state index contributed by atoms with van der Waals surface area (Å²) in [5.41, 5.74) is 14.1. The van der Waals surface area contributed by atoms with Gasteiger partial charge in [-0.3, -0.25) is 0 Å². The van der Waals surface area contributed by atoms with E-state index in [1.807, 2.05) is 0 Å². The minimum atomic E-state index is 1.23. The lowest BCUT2D eigenvalue weighted by Crippen LogP contribution is -2.02. The van der Waals surface area contributed by atoms with Crippen LogP contribution in [0.5, 0.6) is 0 Å². The Labute approximate surface area is 192 Å². The van der Waals surface area contributed by atoms with Gasteiger partial charge in [0.25, 0.3) is 0 Å². The maximum Gasteiger partial charge on any atom is -0.0181 e. The van der Waals surface area contributed by atoms with Crippen LogP contribution in [0.2, 0.25) is 0 Å². The first-order chi connectivity index (χ1) is 15.8. The van der Waals surface area contributed by atoms with Crippen molar-refractivity contribution in [1.82, 2.24) is 0 Å². The maximum absolute atomic E-state index is 2.41. The molecule has 0 spiro atoms. The van der Waals surface area contributed by atoms with E-state index in [1.54, 1.807) is 22.3 Å². The number of fused-ring (bicyclic) bond motifs is 2. The topological polar surface area (TPSA) is 0 Å². The summed E-state index contributed by atoms with van der Waals surface area (Å²) in [5.74, 6) is 0. The first-order valence-corrected chi connectivity index (χ1v) is 12.3. The van der Waals surface area contributed by atoms with Crippen molar-refractivity contribution < 1.29 is 0 Å². The Kier molecular flexibility index (Phi) is 5.15. The van der Waals surface area contributed by atoms with E-state index in [-0.39, 0.29) is 0 Å². The molecule has 32 heavy (non-hydrogen) atoms. The monoisotopic (exact) mass is 414 g/mol. The third-order valence-electron chi connectivity index (χ3n) is 7.47. The van der Waals surface area contributed by atoms with Gasteiger partial charge < -0.3 is 0 Å². The molecule has 0 fully saturated rings. The van der Waals surface area contributed by atoms with Gasteiger partial charge in [-0.2, -0.15) is 0 Å². The van der Waals surface area contributed by atoms with Crippen LogP contribution in [0.1, 0.15) is 47.9 Å².